The molecule has 156 valence electrons. The van der Waals surface area contributed by atoms with Gasteiger partial charge in [-0.25, -0.2) is 4.98 Å². The van der Waals surface area contributed by atoms with E-state index in [0.717, 1.165) is 11.1 Å². The van der Waals surface area contributed by atoms with Gasteiger partial charge >= 0.3 is 0 Å². The van der Waals surface area contributed by atoms with Gasteiger partial charge in [0.1, 0.15) is 11.6 Å². The lowest BCUT2D eigenvalue weighted by atomic mass is 10.1. The molecule has 0 unspecified atom stereocenters. The first-order valence-electron chi connectivity index (χ1n) is 9.87. The van der Waals surface area contributed by atoms with Crippen molar-refractivity contribution in [3.63, 3.8) is 0 Å². The quantitative estimate of drug-likeness (QED) is 0.357. The van der Waals surface area contributed by atoms with E-state index in [1.807, 2.05) is 66.9 Å². The zero-order valence-electron chi connectivity index (χ0n) is 17.0. The first-order chi connectivity index (χ1) is 15.2. The summed E-state index contributed by atoms with van der Waals surface area (Å²) in [6.07, 6.45) is 1.79. The summed E-state index contributed by atoms with van der Waals surface area (Å²) in [5.74, 6) is 1.86. The number of hydrogen-bond acceptors (Lipinski definition) is 7. The van der Waals surface area contributed by atoms with E-state index >= 15 is 0 Å². The van der Waals surface area contributed by atoms with Crippen LogP contribution in [0.4, 0.5) is 17.5 Å². The highest BCUT2D eigenvalue weighted by Gasteiger charge is 2.06. The fraction of sp³-hybridized carbons (Fsp3) is 0.130. The molecule has 0 bridgehead atoms. The molecule has 3 heterocycles. The van der Waals surface area contributed by atoms with E-state index in [0.29, 0.717) is 36.1 Å². The highest BCUT2D eigenvalue weighted by molar-refractivity contribution is 7.13. The second-order valence-electron chi connectivity index (χ2n) is 6.89. The lowest BCUT2D eigenvalue weighted by molar-refractivity contribution is 0.0955. The van der Waals surface area contributed by atoms with Crippen LogP contribution < -0.4 is 16.0 Å². The number of nitrogens with zero attached hydrogens (tertiary/aromatic N) is 3. The molecule has 1 aromatic carbocycles. The van der Waals surface area contributed by atoms with Gasteiger partial charge in [-0.1, -0.05) is 24.3 Å². The van der Waals surface area contributed by atoms with Crippen molar-refractivity contribution in [2.75, 3.05) is 23.7 Å². The van der Waals surface area contributed by atoms with Gasteiger partial charge in [-0.15, -0.1) is 21.5 Å². The summed E-state index contributed by atoms with van der Waals surface area (Å²) in [6.45, 7) is 3.00. The molecule has 4 aromatic rings. The van der Waals surface area contributed by atoms with E-state index in [1.54, 1.807) is 17.5 Å². The van der Waals surface area contributed by atoms with Crippen LogP contribution >= 0.6 is 11.3 Å². The van der Waals surface area contributed by atoms with Gasteiger partial charge in [0.05, 0.1) is 0 Å². The molecule has 8 heteroatoms. The second-order valence-corrected chi connectivity index (χ2v) is 7.83. The van der Waals surface area contributed by atoms with Crippen molar-refractivity contribution in [3.8, 4) is 10.4 Å². The predicted molar refractivity (Wildman–Crippen MR) is 125 cm³/mol. The number of pyridine rings is 1. The van der Waals surface area contributed by atoms with Crippen molar-refractivity contribution in [1.82, 2.24) is 20.5 Å². The Kier molecular flexibility index (Phi) is 6.49. The molecular formula is C23H22N6OS. The summed E-state index contributed by atoms with van der Waals surface area (Å²) in [6, 6.07) is 19.2. The maximum absolute atomic E-state index is 12.3. The Balaban J connectivity index is 1.21. The van der Waals surface area contributed by atoms with E-state index < -0.39 is 0 Å². The number of hydrogen-bond donors (Lipinski definition) is 3. The molecular weight excluding hydrogens is 408 g/mol. The predicted octanol–water partition coefficient (Wildman–Crippen LogP) is 4.49. The Morgan fingerprint density at radius 1 is 0.903 bits per heavy atom. The van der Waals surface area contributed by atoms with Crippen LogP contribution in [0.2, 0.25) is 0 Å². The molecule has 0 saturated carbocycles. The van der Waals surface area contributed by atoms with Gasteiger partial charge in [-0.3, -0.25) is 4.79 Å². The molecule has 3 aromatic heterocycles. The molecule has 0 fully saturated rings. The van der Waals surface area contributed by atoms with Gasteiger partial charge in [0.25, 0.3) is 5.91 Å². The van der Waals surface area contributed by atoms with E-state index in [4.69, 9.17) is 0 Å². The summed E-state index contributed by atoms with van der Waals surface area (Å²) >= 11 is 1.68. The van der Waals surface area contributed by atoms with Crippen molar-refractivity contribution in [3.05, 3.63) is 83.4 Å². The average molecular weight is 431 g/mol. The van der Waals surface area contributed by atoms with Crippen molar-refractivity contribution in [1.29, 1.82) is 0 Å². The van der Waals surface area contributed by atoms with Crippen molar-refractivity contribution < 1.29 is 4.79 Å². The SMILES string of the molecule is Cc1ccc(Nc2ccc(NCCNC(=O)c3ccc(-c4cccs4)cc3)nn2)nc1. The van der Waals surface area contributed by atoms with Crippen molar-refractivity contribution in [2.24, 2.45) is 0 Å². The number of nitrogens with one attached hydrogen (secondary N) is 3. The highest BCUT2D eigenvalue weighted by atomic mass is 32.1. The van der Waals surface area contributed by atoms with Gasteiger partial charge in [0, 0.05) is 29.7 Å². The molecule has 31 heavy (non-hydrogen) atoms. The number of amides is 1. The monoisotopic (exact) mass is 430 g/mol. The third-order valence-corrected chi connectivity index (χ3v) is 5.42. The maximum atomic E-state index is 12.3. The molecule has 0 aliphatic carbocycles. The zero-order valence-corrected chi connectivity index (χ0v) is 17.8. The summed E-state index contributed by atoms with van der Waals surface area (Å²) in [4.78, 5) is 17.8. The fourth-order valence-corrected chi connectivity index (χ4v) is 3.60. The number of anilines is 3. The van der Waals surface area contributed by atoms with E-state index in [9.17, 15) is 4.79 Å². The molecule has 7 nitrogen and oxygen atoms in total. The van der Waals surface area contributed by atoms with E-state index in [-0.39, 0.29) is 5.91 Å². The van der Waals surface area contributed by atoms with Gasteiger partial charge in [-0.2, -0.15) is 0 Å². The summed E-state index contributed by atoms with van der Waals surface area (Å²) in [7, 11) is 0. The Morgan fingerprint density at radius 2 is 1.68 bits per heavy atom. The van der Waals surface area contributed by atoms with Gasteiger partial charge < -0.3 is 16.0 Å². The number of carbonyl (C=O) groups excluding carboxylic acids is 1. The third-order valence-electron chi connectivity index (χ3n) is 4.50. The summed E-state index contributed by atoms with van der Waals surface area (Å²) in [5, 5.41) is 19.5. The van der Waals surface area contributed by atoms with Crippen LogP contribution in [0.5, 0.6) is 0 Å². The third kappa shape index (κ3) is 5.64. The fourth-order valence-electron chi connectivity index (χ4n) is 2.86. The largest absolute Gasteiger partial charge is 0.367 e. The number of carbonyl (C=O) groups is 1. The van der Waals surface area contributed by atoms with Crippen LogP contribution in [0.15, 0.2) is 72.2 Å². The molecule has 0 saturated heterocycles. The molecule has 3 N–H and O–H groups in total. The van der Waals surface area contributed by atoms with Crippen LogP contribution in [-0.2, 0) is 0 Å². The molecule has 0 atom stereocenters. The molecule has 4 rings (SSSR count). The normalized spacial score (nSPS) is 10.5. The van der Waals surface area contributed by atoms with Crippen LogP contribution in [0.25, 0.3) is 10.4 Å². The topological polar surface area (TPSA) is 91.8 Å². The number of benzene rings is 1. The van der Waals surface area contributed by atoms with Crippen LogP contribution in [0, 0.1) is 6.92 Å². The lowest BCUT2D eigenvalue weighted by Crippen LogP contribution is -2.28. The van der Waals surface area contributed by atoms with Crippen LogP contribution in [-0.4, -0.2) is 34.2 Å². The maximum Gasteiger partial charge on any atom is 0.251 e. The average Bonchev–Trinajstić information content (AvgIpc) is 3.34. The molecule has 0 spiro atoms. The second kappa shape index (κ2) is 9.82. The Bertz CT molecular complexity index is 1110. The van der Waals surface area contributed by atoms with Crippen molar-refractivity contribution >= 4 is 34.7 Å². The number of aryl methyl sites for hydroxylation is 1. The van der Waals surface area contributed by atoms with Gasteiger partial charge in [-0.05, 0) is 59.8 Å². The number of thiophene rings is 1. The van der Waals surface area contributed by atoms with Crippen molar-refractivity contribution in [2.45, 2.75) is 6.92 Å². The Hall–Kier alpha value is -3.78. The van der Waals surface area contributed by atoms with Crippen LogP contribution in [0.3, 0.4) is 0 Å². The summed E-state index contributed by atoms with van der Waals surface area (Å²) in [5.41, 5.74) is 2.85. The molecule has 0 aliphatic heterocycles. The number of rotatable bonds is 8. The first kappa shape index (κ1) is 20.5. The smallest absolute Gasteiger partial charge is 0.251 e. The van der Waals surface area contributed by atoms with Gasteiger partial charge in [0.15, 0.2) is 5.82 Å². The van der Waals surface area contributed by atoms with Gasteiger partial charge in [0.2, 0.25) is 0 Å². The zero-order chi connectivity index (χ0) is 21.5. The first-order valence-corrected chi connectivity index (χ1v) is 10.7. The molecule has 1 amide bonds. The minimum absolute atomic E-state index is 0.101. The standard InChI is InChI=1S/C23H22N6OS/c1-16-4-9-20(26-15-16)27-22-11-10-21(28-29-22)24-12-13-25-23(30)18-7-5-17(6-8-18)19-3-2-14-31-19/h2-11,14-15H,12-13H2,1H3,(H,24,28)(H,25,30)(H,26,27,29). The van der Waals surface area contributed by atoms with E-state index in [1.165, 1.54) is 4.88 Å². The molecule has 0 aliphatic rings. The molecule has 0 radical (unpaired) electrons. The Morgan fingerprint density at radius 3 is 2.35 bits per heavy atom. The highest BCUT2D eigenvalue weighted by Crippen LogP contribution is 2.24. The lowest BCUT2D eigenvalue weighted by Gasteiger charge is -2.08. The van der Waals surface area contributed by atoms with E-state index in [2.05, 4.69) is 37.2 Å². The number of aromatic nitrogens is 3. The van der Waals surface area contributed by atoms with Crippen LogP contribution in [0.1, 0.15) is 15.9 Å². The Labute approximate surface area is 184 Å². The minimum Gasteiger partial charge on any atom is -0.367 e. The summed E-state index contributed by atoms with van der Waals surface area (Å²) < 4.78 is 0. The minimum atomic E-state index is -0.101.